The standard InChI is InChI=1S/C13H23N3O/c1-4-16-9-13(8-15-16)10(2)14-7-12-5-6-17-11(12)3/h8-12,14H,4-7H2,1-3H3. The van der Waals surface area contributed by atoms with Gasteiger partial charge in [0.25, 0.3) is 0 Å². The number of aryl methyl sites for hydroxylation is 1. The Labute approximate surface area is 103 Å². The van der Waals surface area contributed by atoms with E-state index >= 15 is 0 Å². The third-order valence-electron chi connectivity index (χ3n) is 3.70. The highest BCUT2D eigenvalue weighted by Gasteiger charge is 2.24. The Morgan fingerprint density at radius 2 is 2.47 bits per heavy atom. The van der Waals surface area contributed by atoms with E-state index in [1.54, 1.807) is 0 Å². The predicted octanol–water partition coefficient (Wildman–Crippen LogP) is 1.98. The van der Waals surface area contributed by atoms with E-state index < -0.39 is 0 Å². The van der Waals surface area contributed by atoms with Crippen molar-refractivity contribution in [2.24, 2.45) is 5.92 Å². The maximum absolute atomic E-state index is 5.57. The van der Waals surface area contributed by atoms with Crippen molar-refractivity contribution in [3.8, 4) is 0 Å². The Morgan fingerprint density at radius 1 is 1.65 bits per heavy atom. The number of nitrogens with zero attached hydrogens (tertiary/aromatic N) is 2. The highest BCUT2D eigenvalue weighted by Crippen LogP contribution is 2.20. The molecule has 2 rings (SSSR count). The van der Waals surface area contributed by atoms with Crippen LogP contribution in [0.1, 0.15) is 38.8 Å². The molecule has 0 bridgehead atoms. The largest absolute Gasteiger partial charge is 0.378 e. The molecule has 1 aromatic rings. The molecule has 17 heavy (non-hydrogen) atoms. The number of rotatable bonds is 5. The molecular weight excluding hydrogens is 214 g/mol. The molecule has 3 atom stereocenters. The minimum atomic E-state index is 0.364. The smallest absolute Gasteiger partial charge is 0.0588 e. The number of hydrogen-bond donors (Lipinski definition) is 1. The third-order valence-corrected chi connectivity index (χ3v) is 3.70. The first-order chi connectivity index (χ1) is 8.20. The summed E-state index contributed by atoms with van der Waals surface area (Å²) >= 11 is 0. The van der Waals surface area contributed by atoms with Gasteiger partial charge in [-0.1, -0.05) is 0 Å². The van der Waals surface area contributed by atoms with Crippen LogP contribution in [0.2, 0.25) is 0 Å². The van der Waals surface area contributed by atoms with Gasteiger partial charge in [0.1, 0.15) is 0 Å². The number of nitrogens with one attached hydrogen (secondary N) is 1. The van der Waals surface area contributed by atoms with Crippen LogP contribution in [-0.4, -0.2) is 29.0 Å². The van der Waals surface area contributed by atoms with E-state index in [0.29, 0.717) is 18.1 Å². The Hall–Kier alpha value is -0.870. The summed E-state index contributed by atoms with van der Waals surface area (Å²) in [6, 6.07) is 0.364. The zero-order chi connectivity index (χ0) is 12.3. The van der Waals surface area contributed by atoms with E-state index in [1.807, 2.05) is 10.9 Å². The molecule has 0 saturated carbocycles. The van der Waals surface area contributed by atoms with Crippen LogP contribution in [0.25, 0.3) is 0 Å². The van der Waals surface area contributed by atoms with Gasteiger partial charge in [-0.3, -0.25) is 4.68 Å². The zero-order valence-electron chi connectivity index (χ0n) is 11.0. The van der Waals surface area contributed by atoms with E-state index in [2.05, 4.69) is 37.4 Å². The second-order valence-electron chi connectivity index (χ2n) is 4.88. The topological polar surface area (TPSA) is 39.1 Å². The first-order valence-electron chi connectivity index (χ1n) is 6.58. The average molecular weight is 237 g/mol. The Bertz CT molecular complexity index is 350. The molecule has 1 N–H and O–H groups in total. The van der Waals surface area contributed by atoms with Crippen molar-refractivity contribution in [2.45, 2.75) is 45.9 Å². The molecular formula is C13H23N3O. The fourth-order valence-corrected chi connectivity index (χ4v) is 2.27. The van der Waals surface area contributed by atoms with Crippen molar-refractivity contribution in [3.63, 3.8) is 0 Å². The fourth-order valence-electron chi connectivity index (χ4n) is 2.27. The van der Waals surface area contributed by atoms with Gasteiger partial charge < -0.3 is 10.1 Å². The van der Waals surface area contributed by atoms with Crippen LogP contribution in [0.3, 0.4) is 0 Å². The molecule has 3 unspecified atom stereocenters. The van der Waals surface area contributed by atoms with Crippen molar-refractivity contribution < 1.29 is 4.74 Å². The van der Waals surface area contributed by atoms with Crippen molar-refractivity contribution in [2.75, 3.05) is 13.2 Å². The van der Waals surface area contributed by atoms with Crippen LogP contribution in [0.15, 0.2) is 12.4 Å². The Kier molecular flexibility index (Phi) is 4.18. The lowest BCUT2D eigenvalue weighted by atomic mass is 10.0. The van der Waals surface area contributed by atoms with E-state index in [4.69, 9.17) is 4.74 Å². The van der Waals surface area contributed by atoms with Gasteiger partial charge in [0.2, 0.25) is 0 Å². The lowest BCUT2D eigenvalue weighted by Crippen LogP contribution is -2.29. The van der Waals surface area contributed by atoms with Gasteiger partial charge in [-0.15, -0.1) is 0 Å². The molecule has 0 radical (unpaired) electrons. The highest BCUT2D eigenvalue weighted by molar-refractivity contribution is 5.09. The Morgan fingerprint density at radius 3 is 3.06 bits per heavy atom. The molecule has 0 amide bonds. The van der Waals surface area contributed by atoms with Crippen LogP contribution >= 0.6 is 0 Å². The minimum Gasteiger partial charge on any atom is -0.378 e. The molecule has 4 nitrogen and oxygen atoms in total. The van der Waals surface area contributed by atoms with Crippen LogP contribution in [0, 0.1) is 5.92 Å². The van der Waals surface area contributed by atoms with Gasteiger partial charge in [0.15, 0.2) is 0 Å². The number of ether oxygens (including phenoxy) is 1. The predicted molar refractivity (Wildman–Crippen MR) is 67.8 cm³/mol. The van der Waals surface area contributed by atoms with Crippen LogP contribution in [0.4, 0.5) is 0 Å². The summed E-state index contributed by atoms with van der Waals surface area (Å²) in [7, 11) is 0. The lowest BCUT2D eigenvalue weighted by molar-refractivity contribution is 0.105. The van der Waals surface area contributed by atoms with Crippen LogP contribution in [0.5, 0.6) is 0 Å². The summed E-state index contributed by atoms with van der Waals surface area (Å²) < 4.78 is 7.54. The molecule has 0 spiro atoms. The molecule has 0 aromatic carbocycles. The molecule has 1 aliphatic rings. The van der Waals surface area contributed by atoms with Gasteiger partial charge in [-0.05, 0) is 33.1 Å². The van der Waals surface area contributed by atoms with Crippen molar-refractivity contribution in [1.82, 2.24) is 15.1 Å². The lowest BCUT2D eigenvalue weighted by Gasteiger charge is -2.18. The molecule has 2 heterocycles. The molecule has 1 saturated heterocycles. The zero-order valence-corrected chi connectivity index (χ0v) is 11.0. The summed E-state index contributed by atoms with van der Waals surface area (Å²) in [4.78, 5) is 0. The van der Waals surface area contributed by atoms with E-state index in [0.717, 1.165) is 19.7 Å². The first-order valence-corrected chi connectivity index (χ1v) is 6.58. The van der Waals surface area contributed by atoms with Gasteiger partial charge in [-0.25, -0.2) is 0 Å². The second kappa shape index (κ2) is 5.65. The summed E-state index contributed by atoms with van der Waals surface area (Å²) in [5.41, 5.74) is 1.26. The fraction of sp³-hybridized carbons (Fsp3) is 0.769. The molecule has 0 aliphatic carbocycles. The molecule has 4 heteroatoms. The highest BCUT2D eigenvalue weighted by atomic mass is 16.5. The third kappa shape index (κ3) is 3.07. The number of hydrogen-bond acceptors (Lipinski definition) is 3. The monoisotopic (exact) mass is 237 g/mol. The van der Waals surface area contributed by atoms with Gasteiger partial charge in [-0.2, -0.15) is 5.10 Å². The minimum absolute atomic E-state index is 0.364. The maximum Gasteiger partial charge on any atom is 0.0588 e. The van der Waals surface area contributed by atoms with E-state index in [-0.39, 0.29) is 0 Å². The van der Waals surface area contributed by atoms with Gasteiger partial charge in [0, 0.05) is 37.5 Å². The summed E-state index contributed by atoms with van der Waals surface area (Å²) in [5.74, 6) is 0.652. The molecule has 1 aromatic heterocycles. The van der Waals surface area contributed by atoms with E-state index in [9.17, 15) is 0 Å². The summed E-state index contributed by atoms with van der Waals surface area (Å²) in [6.45, 7) is 9.33. The quantitative estimate of drug-likeness (QED) is 0.851. The van der Waals surface area contributed by atoms with Gasteiger partial charge in [0.05, 0.1) is 12.3 Å². The normalized spacial score (nSPS) is 26.3. The molecule has 96 valence electrons. The summed E-state index contributed by atoms with van der Waals surface area (Å²) in [5, 5.41) is 7.88. The SMILES string of the molecule is CCn1cc(C(C)NCC2CCOC2C)cn1. The van der Waals surface area contributed by atoms with Crippen molar-refractivity contribution in [3.05, 3.63) is 18.0 Å². The van der Waals surface area contributed by atoms with Crippen molar-refractivity contribution >= 4 is 0 Å². The number of aromatic nitrogens is 2. The Balaban J connectivity index is 1.82. The van der Waals surface area contributed by atoms with Crippen molar-refractivity contribution in [1.29, 1.82) is 0 Å². The first kappa shape index (κ1) is 12.6. The van der Waals surface area contributed by atoms with E-state index in [1.165, 1.54) is 12.0 Å². The molecule has 1 aliphatic heterocycles. The average Bonchev–Trinajstić information content (AvgIpc) is 2.94. The molecule has 1 fully saturated rings. The maximum atomic E-state index is 5.57. The second-order valence-corrected chi connectivity index (χ2v) is 4.88. The van der Waals surface area contributed by atoms with Crippen LogP contribution < -0.4 is 5.32 Å². The summed E-state index contributed by atoms with van der Waals surface area (Å²) in [6.07, 6.45) is 5.64. The van der Waals surface area contributed by atoms with Crippen LogP contribution in [-0.2, 0) is 11.3 Å². The van der Waals surface area contributed by atoms with Gasteiger partial charge >= 0.3 is 0 Å².